The van der Waals surface area contributed by atoms with Gasteiger partial charge in [0.15, 0.2) is 5.96 Å². The number of phenolic OH excluding ortho intramolecular Hbond substituents is 1. The largest absolute Gasteiger partial charge is 0.508 e. The second-order valence-corrected chi connectivity index (χ2v) is 5.82. The highest BCUT2D eigenvalue weighted by molar-refractivity contribution is 5.79. The normalized spacial score (nSPS) is 11.6. The summed E-state index contributed by atoms with van der Waals surface area (Å²) in [6.45, 7) is 4.24. The van der Waals surface area contributed by atoms with E-state index >= 15 is 0 Å². The molecule has 0 aliphatic carbocycles. The van der Waals surface area contributed by atoms with Gasteiger partial charge in [-0.15, -0.1) is 0 Å². The van der Waals surface area contributed by atoms with Crippen molar-refractivity contribution in [2.45, 2.75) is 12.8 Å². The Kier molecular flexibility index (Phi) is 10.4. The molecule has 0 aliphatic rings. The Morgan fingerprint density at radius 3 is 2.60 bits per heavy atom. The fourth-order valence-electron chi connectivity index (χ4n) is 2.37. The molecule has 7 heteroatoms. The molecule has 0 atom stereocenters. The van der Waals surface area contributed by atoms with E-state index in [1.165, 1.54) is 0 Å². The first-order chi connectivity index (χ1) is 12.1. The van der Waals surface area contributed by atoms with Gasteiger partial charge in [-0.25, -0.2) is 0 Å². The van der Waals surface area contributed by atoms with Crippen molar-refractivity contribution in [2.24, 2.45) is 4.99 Å². The maximum Gasteiger partial charge on any atom is 0.191 e. The third-order valence-electron chi connectivity index (χ3n) is 3.88. The molecule has 3 N–H and O–H groups in total. The second-order valence-electron chi connectivity index (χ2n) is 5.82. The van der Waals surface area contributed by atoms with Crippen LogP contribution in [0.5, 0.6) is 11.5 Å². The Bertz CT molecular complexity index is 523. The topological polar surface area (TPSA) is 78.4 Å². The fraction of sp³-hybridized carbons (Fsp3) is 0.611. The molecule has 0 aliphatic heterocycles. The van der Waals surface area contributed by atoms with Gasteiger partial charge in [0.25, 0.3) is 0 Å². The minimum Gasteiger partial charge on any atom is -0.508 e. The lowest BCUT2D eigenvalue weighted by molar-refractivity contribution is 0.180. The molecule has 0 spiro atoms. The van der Waals surface area contributed by atoms with E-state index in [0.717, 1.165) is 44.2 Å². The van der Waals surface area contributed by atoms with Crippen LogP contribution in [0.1, 0.15) is 12.0 Å². The highest BCUT2D eigenvalue weighted by atomic mass is 16.5. The van der Waals surface area contributed by atoms with E-state index < -0.39 is 0 Å². The number of ether oxygens (including phenoxy) is 2. The zero-order valence-corrected chi connectivity index (χ0v) is 15.8. The van der Waals surface area contributed by atoms with Gasteiger partial charge in [0.05, 0.1) is 7.11 Å². The number of nitrogens with one attached hydrogen (secondary N) is 2. The van der Waals surface area contributed by atoms with E-state index in [2.05, 4.69) is 27.6 Å². The van der Waals surface area contributed by atoms with Crippen molar-refractivity contribution in [3.8, 4) is 11.5 Å². The highest BCUT2D eigenvalue weighted by Crippen LogP contribution is 2.23. The van der Waals surface area contributed by atoms with E-state index in [1.807, 2.05) is 12.1 Å². The maximum atomic E-state index is 9.97. The van der Waals surface area contributed by atoms with Gasteiger partial charge in [0, 0.05) is 53.0 Å². The average molecular weight is 352 g/mol. The van der Waals surface area contributed by atoms with Gasteiger partial charge in [0.1, 0.15) is 11.5 Å². The van der Waals surface area contributed by atoms with Crippen LogP contribution in [-0.4, -0.2) is 77.1 Å². The number of aliphatic imine (C=N–C) groups is 1. The summed E-state index contributed by atoms with van der Waals surface area (Å²) in [5.74, 6) is 1.67. The molecular formula is C18H32N4O3. The molecule has 142 valence electrons. The predicted octanol–water partition coefficient (Wildman–Crippen LogP) is 1.08. The van der Waals surface area contributed by atoms with E-state index in [-0.39, 0.29) is 5.75 Å². The van der Waals surface area contributed by atoms with Crippen molar-refractivity contribution in [3.63, 3.8) is 0 Å². The summed E-state index contributed by atoms with van der Waals surface area (Å²) in [6, 6.07) is 5.35. The van der Waals surface area contributed by atoms with Crippen molar-refractivity contribution in [2.75, 3.05) is 61.1 Å². The van der Waals surface area contributed by atoms with Crippen LogP contribution >= 0.6 is 0 Å². The third kappa shape index (κ3) is 8.60. The molecule has 25 heavy (non-hydrogen) atoms. The first-order valence-corrected chi connectivity index (χ1v) is 8.58. The van der Waals surface area contributed by atoms with Crippen LogP contribution < -0.4 is 15.4 Å². The summed E-state index contributed by atoms with van der Waals surface area (Å²) in [7, 11) is 7.16. The SMILES string of the molecule is CN=C(NCCc1ccc(OC)cc1O)NCCN(C)CCCOC. The molecule has 0 saturated carbocycles. The first kappa shape index (κ1) is 21.1. The van der Waals surface area contributed by atoms with Gasteiger partial charge >= 0.3 is 0 Å². The molecule has 0 fully saturated rings. The standard InChI is InChI=1S/C18H32N4O3/c1-19-18(21-10-12-22(2)11-5-13-24-3)20-9-8-15-6-7-16(25-4)14-17(15)23/h6-7,14,23H,5,8-13H2,1-4H3,(H2,19,20,21). The van der Waals surface area contributed by atoms with Crippen molar-refractivity contribution >= 4 is 5.96 Å². The van der Waals surface area contributed by atoms with Gasteiger partial charge < -0.3 is 30.1 Å². The van der Waals surface area contributed by atoms with Crippen LogP contribution in [0, 0.1) is 0 Å². The Labute approximate surface area is 151 Å². The van der Waals surface area contributed by atoms with Gasteiger partial charge in [-0.1, -0.05) is 6.07 Å². The highest BCUT2D eigenvalue weighted by Gasteiger charge is 2.04. The van der Waals surface area contributed by atoms with Gasteiger partial charge in [0.2, 0.25) is 0 Å². The van der Waals surface area contributed by atoms with Crippen LogP contribution in [0.2, 0.25) is 0 Å². The van der Waals surface area contributed by atoms with E-state index in [9.17, 15) is 5.11 Å². The zero-order chi connectivity index (χ0) is 18.5. The maximum absolute atomic E-state index is 9.97. The minimum atomic E-state index is 0.252. The van der Waals surface area contributed by atoms with Crippen LogP contribution in [0.4, 0.5) is 0 Å². The number of hydrogen-bond acceptors (Lipinski definition) is 5. The molecule has 0 bridgehead atoms. The van der Waals surface area contributed by atoms with Crippen molar-refractivity contribution in [1.82, 2.24) is 15.5 Å². The van der Waals surface area contributed by atoms with Crippen LogP contribution in [0.3, 0.4) is 0 Å². The molecule has 0 aromatic heterocycles. The minimum absolute atomic E-state index is 0.252. The van der Waals surface area contributed by atoms with Gasteiger partial charge in [-0.05, 0) is 31.5 Å². The zero-order valence-electron chi connectivity index (χ0n) is 15.8. The predicted molar refractivity (Wildman–Crippen MR) is 102 cm³/mol. The Hall–Kier alpha value is -1.99. The molecule has 0 heterocycles. The molecular weight excluding hydrogens is 320 g/mol. The quantitative estimate of drug-likeness (QED) is 0.314. The monoisotopic (exact) mass is 352 g/mol. The Balaban J connectivity index is 2.26. The number of aromatic hydroxyl groups is 1. The summed E-state index contributed by atoms with van der Waals surface area (Å²) < 4.78 is 10.1. The Morgan fingerprint density at radius 1 is 1.20 bits per heavy atom. The number of hydrogen-bond donors (Lipinski definition) is 3. The Morgan fingerprint density at radius 2 is 1.96 bits per heavy atom. The third-order valence-corrected chi connectivity index (χ3v) is 3.88. The molecule has 0 amide bonds. The van der Waals surface area contributed by atoms with Crippen molar-refractivity contribution in [3.05, 3.63) is 23.8 Å². The number of rotatable bonds is 11. The molecule has 1 rings (SSSR count). The number of methoxy groups -OCH3 is 2. The molecule has 0 saturated heterocycles. The summed E-state index contributed by atoms with van der Waals surface area (Å²) >= 11 is 0. The van der Waals surface area contributed by atoms with E-state index in [4.69, 9.17) is 9.47 Å². The second kappa shape index (κ2) is 12.4. The molecule has 0 unspecified atom stereocenters. The number of nitrogens with zero attached hydrogens (tertiary/aromatic N) is 2. The molecule has 7 nitrogen and oxygen atoms in total. The molecule has 0 radical (unpaired) electrons. The number of guanidine groups is 1. The first-order valence-electron chi connectivity index (χ1n) is 8.58. The van der Waals surface area contributed by atoms with Gasteiger partial charge in [-0.3, -0.25) is 4.99 Å². The van der Waals surface area contributed by atoms with Crippen molar-refractivity contribution < 1.29 is 14.6 Å². The van der Waals surface area contributed by atoms with Gasteiger partial charge in [-0.2, -0.15) is 0 Å². The molecule has 1 aromatic carbocycles. The summed E-state index contributed by atoms with van der Waals surface area (Å²) in [6.07, 6.45) is 1.73. The number of benzene rings is 1. The number of likely N-dealkylation sites (N-methyl/N-ethyl adjacent to an activating group) is 1. The van der Waals surface area contributed by atoms with E-state index in [0.29, 0.717) is 18.7 Å². The molecule has 1 aromatic rings. The van der Waals surface area contributed by atoms with Crippen LogP contribution in [-0.2, 0) is 11.2 Å². The summed E-state index contributed by atoms with van der Waals surface area (Å²) in [5, 5.41) is 16.5. The number of phenols is 1. The van der Waals surface area contributed by atoms with Crippen LogP contribution in [0.15, 0.2) is 23.2 Å². The smallest absolute Gasteiger partial charge is 0.191 e. The fourth-order valence-corrected chi connectivity index (χ4v) is 2.37. The lowest BCUT2D eigenvalue weighted by Crippen LogP contribution is -2.41. The van der Waals surface area contributed by atoms with E-state index in [1.54, 1.807) is 27.3 Å². The lowest BCUT2D eigenvalue weighted by Gasteiger charge is -2.18. The lowest BCUT2D eigenvalue weighted by atomic mass is 10.1. The summed E-state index contributed by atoms with van der Waals surface area (Å²) in [4.78, 5) is 6.47. The summed E-state index contributed by atoms with van der Waals surface area (Å²) in [5.41, 5.74) is 0.877. The van der Waals surface area contributed by atoms with Crippen molar-refractivity contribution in [1.29, 1.82) is 0 Å². The van der Waals surface area contributed by atoms with Crippen LogP contribution in [0.25, 0.3) is 0 Å². The average Bonchev–Trinajstić information content (AvgIpc) is 2.61.